The van der Waals surface area contributed by atoms with Crippen molar-refractivity contribution in [2.45, 2.75) is 18.9 Å². The minimum absolute atomic E-state index is 0.0170. The smallest absolute Gasteiger partial charge is 0.254 e. The molecule has 1 aromatic carbocycles. The monoisotopic (exact) mass is 241 g/mol. The van der Waals surface area contributed by atoms with Crippen LogP contribution in [-0.4, -0.2) is 35.1 Å². The van der Waals surface area contributed by atoms with Gasteiger partial charge in [0.25, 0.3) is 5.91 Å². The molecule has 0 unspecified atom stereocenters. The number of benzene rings is 1. The number of carbonyl (C=O) groups is 1. The summed E-state index contributed by atoms with van der Waals surface area (Å²) in [5.74, 6) is -1.99. The molecule has 0 aliphatic carbocycles. The summed E-state index contributed by atoms with van der Waals surface area (Å²) in [5, 5.41) is 9.44. The highest BCUT2D eigenvalue weighted by Crippen LogP contribution is 2.15. The van der Waals surface area contributed by atoms with E-state index in [0.717, 1.165) is 18.2 Å². The molecule has 1 fully saturated rings. The van der Waals surface area contributed by atoms with Crippen molar-refractivity contribution in [1.29, 1.82) is 0 Å². The number of carbonyl (C=O) groups excluding carboxylic acids is 1. The second kappa shape index (κ2) is 4.79. The van der Waals surface area contributed by atoms with Crippen molar-refractivity contribution in [2.24, 2.45) is 0 Å². The second-order valence-corrected chi connectivity index (χ2v) is 4.21. The molecular formula is C12H13F2NO2. The molecule has 0 spiro atoms. The SMILES string of the molecule is O=C(c1cc(F)cc(F)c1)N1CCC[C@H](O)C1. The number of rotatable bonds is 1. The largest absolute Gasteiger partial charge is 0.391 e. The Morgan fingerprint density at radius 2 is 1.94 bits per heavy atom. The van der Waals surface area contributed by atoms with Crippen molar-refractivity contribution in [3.8, 4) is 0 Å². The lowest BCUT2D eigenvalue weighted by molar-refractivity contribution is 0.0473. The molecule has 1 aliphatic heterocycles. The van der Waals surface area contributed by atoms with Crippen molar-refractivity contribution in [3.05, 3.63) is 35.4 Å². The summed E-state index contributed by atoms with van der Waals surface area (Å²) in [7, 11) is 0. The van der Waals surface area contributed by atoms with Crippen LogP contribution in [0.4, 0.5) is 8.78 Å². The van der Waals surface area contributed by atoms with Crippen LogP contribution in [0.25, 0.3) is 0 Å². The number of hydrogen-bond donors (Lipinski definition) is 1. The third-order valence-electron chi connectivity index (χ3n) is 2.79. The number of aliphatic hydroxyl groups excluding tert-OH is 1. The first-order chi connectivity index (χ1) is 8.06. The molecule has 5 heteroatoms. The number of nitrogens with zero attached hydrogens (tertiary/aromatic N) is 1. The summed E-state index contributed by atoms with van der Waals surface area (Å²) in [4.78, 5) is 13.4. The van der Waals surface area contributed by atoms with Crippen LogP contribution < -0.4 is 0 Å². The Kier molecular flexibility index (Phi) is 3.38. The molecule has 1 saturated heterocycles. The molecule has 1 heterocycles. The van der Waals surface area contributed by atoms with Gasteiger partial charge in [-0.2, -0.15) is 0 Å². The van der Waals surface area contributed by atoms with Gasteiger partial charge in [-0.1, -0.05) is 0 Å². The lowest BCUT2D eigenvalue weighted by atomic mass is 10.1. The van der Waals surface area contributed by atoms with Gasteiger partial charge >= 0.3 is 0 Å². The number of aliphatic hydroxyl groups is 1. The molecule has 3 nitrogen and oxygen atoms in total. The van der Waals surface area contributed by atoms with Crippen LogP contribution in [0.5, 0.6) is 0 Å². The van der Waals surface area contributed by atoms with Gasteiger partial charge in [0.1, 0.15) is 11.6 Å². The van der Waals surface area contributed by atoms with Gasteiger partial charge in [0.05, 0.1) is 6.10 Å². The van der Waals surface area contributed by atoms with Gasteiger partial charge in [0, 0.05) is 24.7 Å². The van der Waals surface area contributed by atoms with Crippen molar-refractivity contribution in [1.82, 2.24) is 4.90 Å². The van der Waals surface area contributed by atoms with Gasteiger partial charge in [-0.3, -0.25) is 4.79 Å². The Labute approximate surface area is 97.7 Å². The normalized spacial score (nSPS) is 20.4. The van der Waals surface area contributed by atoms with E-state index in [1.54, 1.807) is 0 Å². The van der Waals surface area contributed by atoms with Gasteiger partial charge < -0.3 is 10.0 Å². The maximum atomic E-state index is 13.0. The molecule has 0 bridgehead atoms. The Hall–Kier alpha value is -1.49. The molecule has 2 rings (SSSR count). The Morgan fingerprint density at radius 3 is 2.53 bits per heavy atom. The minimum Gasteiger partial charge on any atom is -0.391 e. The van der Waals surface area contributed by atoms with Crippen LogP contribution in [-0.2, 0) is 0 Å². The van der Waals surface area contributed by atoms with E-state index in [1.165, 1.54) is 4.90 Å². The molecule has 1 amide bonds. The molecule has 1 aliphatic rings. The van der Waals surface area contributed by atoms with E-state index < -0.39 is 23.6 Å². The molecular weight excluding hydrogens is 228 g/mol. The Balaban J connectivity index is 2.18. The summed E-state index contributed by atoms with van der Waals surface area (Å²) < 4.78 is 25.9. The third-order valence-corrected chi connectivity index (χ3v) is 2.79. The highest BCUT2D eigenvalue weighted by molar-refractivity contribution is 5.94. The van der Waals surface area contributed by atoms with Crippen molar-refractivity contribution in [2.75, 3.05) is 13.1 Å². The molecule has 0 aromatic heterocycles. The van der Waals surface area contributed by atoms with Crippen LogP contribution >= 0.6 is 0 Å². The minimum atomic E-state index is -0.772. The zero-order valence-electron chi connectivity index (χ0n) is 9.20. The summed E-state index contributed by atoms with van der Waals surface area (Å²) >= 11 is 0. The highest BCUT2D eigenvalue weighted by Gasteiger charge is 2.23. The van der Waals surface area contributed by atoms with E-state index in [-0.39, 0.29) is 12.1 Å². The zero-order chi connectivity index (χ0) is 12.4. The van der Waals surface area contributed by atoms with E-state index in [4.69, 9.17) is 0 Å². The lowest BCUT2D eigenvalue weighted by Gasteiger charge is -2.30. The molecule has 92 valence electrons. The number of β-amino-alcohol motifs (C(OH)–C–C–N with tert-alkyl or cyclic N) is 1. The first-order valence-electron chi connectivity index (χ1n) is 5.49. The van der Waals surface area contributed by atoms with Gasteiger partial charge in [-0.15, -0.1) is 0 Å². The average molecular weight is 241 g/mol. The zero-order valence-corrected chi connectivity index (χ0v) is 9.20. The molecule has 17 heavy (non-hydrogen) atoms. The average Bonchev–Trinajstić information content (AvgIpc) is 2.26. The van der Waals surface area contributed by atoms with E-state index >= 15 is 0 Å². The van der Waals surface area contributed by atoms with Gasteiger partial charge in [-0.05, 0) is 25.0 Å². The van der Waals surface area contributed by atoms with E-state index in [2.05, 4.69) is 0 Å². The summed E-state index contributed by atoms with van der Waals surface area (Å²) in [6, 6.07) is 2.74. The quantitative estimate of drug-likeness (QED) is 0.810. The van der Waals surface area contributed by atoms with Crippen molar-refractivity contribution < 1.29 is 18.7 Å². The first-order valence-corrected chi connectivity index (χ1v) is 5.49. The Morgan fingerprint density at radius 1 is 1.29 bits per heavy atom. The number of amides is 1. The number of likely N-dealkylation sites (tertiary alicyclic amines) is 1. The fraction of sp³-hybridized carbons (Fsp3) is 0.417. The fourth-order valence-corrected chi connectivity index (χ4v) is 2.00. The van der Waals surface area contributed by atoms with Crippen LogP contribution in [0.1, 0.15) is 23.2 Å². The lowest BCUT2D eigenvalue weighted by Crippen LogP contribution is -2.42. The van der Waals surface area contributed by atoms with Crippen LogP contribution in [0.3, 0.4) is 0 Å². The maximum Gasteiger partial charge on any atom is 0.254 e. The molecule has 1 N–H and O–H groups in total. The second-order valence-electron chi connectivity index (χ2n) is 4.21. The highest BCUT2D eigenvalue weighted by atomic mass is 19.1. The number of halogens is 2. The number of hydrogen-bond acceptors (Lipinski definition) is 2. The van der Waals surface area contributed by atoms with Gasteiger partial charge in [-0.25, -0.2) is 8.78 Å². The van der Waals surface area contributed by atoms with Crippen LogP contribution in [0.15, 0.2) is 18.2 Å². The standard InChI is InChI=1S/C12H13F2NO2/c13-9-4-8(5-10(14)6-9)12(17)15-3-1-2-11(16)7-15/h4-6,11,16H,1-3,7H2/t11-/m0/s1. The van der Waals surface area contributed by atoms with Gasteiger partial charge in [0.2, 0.25) is 0 Å². The van der Waals surface area contributed by atoms with Crippen molar-refractivity contribution >= 4 is 5.91 Å². The van der Waals surface area contributed by atoms with Crippen molar-refractivity contribution in [3.63, 3.8) is 0 Å². The summed E-state index contributed by atoms with van der Waals surface area (Å²) in [6.07, 6.45) is 0.803. The fourth-order valence-electron chi connectivity index (χ4n) is 2.00. The Bertz CT molecular complexity index is 416. The predicted octanol–water partition coefficient (Wildman–Crippen LogP) is 1.56. The molecule has 0 radical (unpaired) electrons. The van der Waals surface area contributed by atoms with E-state index in [9.17, 15) is 18.7 Å². The van der Waals surface area contributed by atoms with Crippen LogP contribution in [0.2, 0.25) is 0 Å². The molecule has 1 atom stereocenters. The topological polar surface area (TPSA) is 40.5 Å². The molecule has 0 saturated carbocycles. The summed E-state index contributed by atoms with van der Waals surface area (Å²) in [5.41, 5.74) is -0.0170. The van der Waals surface area contributed by atoms with E-state index in [1.807, 2.05) is 0 Å². The predicted molar refractivity (Wildman–Crippen MR) is 57.5 cm³/mol. The van der Waals surface area contributed by atoms with Gasteiger partial charge in [0.15, 0.2) is 0 Å². The summed E-state index contributed by atoms with van der Waals surface area (Å²) in [6.45, 7) is 0.727. The van der Waals surface area contributed by atoms with Crippen LogP contribution in [0, 0.1) is 11.6 Å². The van der Waals surface area contributed by atoms with E-state index in [0.29, 0.717) is 19.4 Å². The third kappa shape index (κ3) is 2.79. The molecule has 1 aromatic rings. The maximum absolute atomic E-state index is 13.0. The number of piperidine rings is 1. The first kappa shape index (κ1) is 12.0.